The molecular formula is C16H30N2O2. The highest BCUT2D eigenvalue weighted by atomic mass is 16.2. The fourth-order valence-corrected chi connectivity index (χ4v) is 3.27. The zero-order chi connectivity index (χ0) is 15.3. The van der Waals surface area contributed by atoms with E-state index in [1.807, 2.05) is 25.7 Å². The van der Waals surface area contributed by atoms with Crippen molar-refractivity contribution in [1.29, 1.82) is 0 Å². The van der Waals surface area contributed by atoms with Gasteiger partial charge in [0.25, 0.3) is 0 Å². The number of rotatable bonds is 7. The third kappa shape index (κ3) is 2.99. The highest BCUT2D eigenvalue weighted by molar-refractivity contribution is 5.99. The van der Waals surface area contributed by atoms with Crippen molar-refractivity contribution in [3.63, 3.8) is 0 Å². The van der Waals surface area contributed by atoms with Crippen LogP contribution < -0.4 is 5.32 Å². The fraction of sp³-hybridized carbons (Fsp3) is 0.875. The van der Waals surface area contributed by atoms with Gasteiger partial charge in [0.05, 0.1) is 0 Å². The molecule has 1 heterocycles. The minimum absolute atomic E-state index is 0.0256. The summed E-state index contributed by atoms with van der Waals surface area (Å²) < 4.78 is 0. The maximum Gasteiger partial charge on any atom is 0.246 e. The molecule has 4 nitrogen and oxygen atoms in total. The second kappa shape index (κ2) is 7.09. The van der Waals surface area contributed by atoms with Gasteiger partial charge in [-0.3, -0.25) is 9.59 Å². The van der Waals surface area contributed by atoms with Crippen molar-refractivity contribution in [3.8, 4) is 0 Å². The number of hydrogen-bond acceptors (Lipinski definition) is 2. The number of carbonyl (C=O) groups is 2. The highest BCUT2D eigenvalue weighted by Gasteiger charge is 2.49. The first-order chi connectivity index (χ1) is 9.46. The summed E-state index contributed by atoms with van der Waals surface area (Å²) >= 11 is 0. The predicted octanol–water partition coefficient (Wildman–Crippen LogP) is 2.72. The van der Waals surface area contributed by atoms with Crippen molar-refractivity contribution in [3.05, 3.63) is 0 Å². The summed E-state index contributed by atoms with van der Waals surface area (Å²) in [6.45, 7) is 11.0. The van der Waals surface area contributed by atoms with E-state index in [1.54, 1.807) is 0 Å². The molecule has 1 N–H and O–H groups in total. The van der Waals surface area contributed by atoms with E-state index in [9.17, 15) is 9.59 Å². The molecule has 2 atom stereocenters. The van der Waals surface area contributed by atoms with Crippen molar-refractivity contribution in [2.75, 3.05) is 6.54 Å². The lowest BCUT2D eigenvalue weighted by Gasteiger charge is -2.48. The summed E-state index contributed by atoms with van der Waals surface area (Å²) in [5.74, 6) is 0.557. The van der Waals surface area contributed by atoms with Crippen LogP contribution in [0.5, 0.6) is 0 Å². The minimum atomic E-state index is -0.648. The van der Waals surface area contributed by atoms with E-state index < -0.39 is 5.54 Å². The van der Waals surface area contributed by atoms with Crippen LogP contribution in [0.25, 0.3) is 0 Å². The molecule has 0 aliphatic carbocycles. The quantitative estimate of drug-likeness (QED) is 0.780. The first-order valence-corrected chi connectivity index (χ1v) is 8.09. The zero-order valence-electron chi connectivity index (χ0n) is 13.7. The average molecular weight is 282 g/mol. The van der Waals surface area contributed by atoms with Crippen LogP contribution in [0.2, 0.25) is 0 Å². The van der Waals surface area contributed by atoms with Gasteiger partial charge in [-0.05, 0) is 31.6 Å². The Bertz CT molecular complexity index is 350. The van der Waals surface area contributed by atoms with Crippen LogP contribution in [-0.2, 0) is 9.59 Å². The molecule has 0 aromatic carbocycles. The summed E-state index contributed by atoms with van der Waals surface area (Å²) in [6.07, 6.45) is 4.21. The molecule has 0 saturated carbocycles. The molecule has 20 heavy (non-hydrogen) atoms. The van der Waals surface area contributed by atoms with Gasteiger partial charge in [-0.15, -0.1) is 0 Å². The molecule has 1 aliphatic heterocycles. The number of piperazine rings is 1. The van der Waals surface area contributed by atoms with E-state index >= 15 is 0 Å². The number of carbonyl (C=O) groups excluding carboxylic acids is 2. The summed E-state index contributed by atoms with van der Waals surface area (Å²) in [6, 6.07) is -0.345. The Balaban J connectivity index is 3.06. The van der Waals surface area contributed by atoms with E-state index in [2.05, 4.69) is 19.2 Å². The molecule has 0 aromatic rings. The Morgan fingerprint density at radius 2 is 1.80 bits per heavy atom. The van der Waals surface area contributed by atoms with Crippen LogP contribution in [0.15, 0.2) is 0 Å². The molecule has 4 heteroatoms. The van der Waals surface area contributed by atoms with Gasteiger partial charge in [-0.2, -0.15) is 0 Å². The molecule has 0 spiro atoms. The Kier molecular flexibility index (Phi) is 6.03. The van der Waals surface area contributed by atoms with Crippen molar-refractivity contribution in [1.82, 2.24) is 10.2 Å². The molecule has 0 bridgehead atoms. The smallest absolute Gasteiger partial charge is 0.246 e. The third-order valence-corrected chi connectivity index (χ3v) is 4.66. The van der Waals surface area contributed by atoms with Crippen LogP contribution in [0, 0.1) is 5.92 Å². The standard InChI is InChI=1S/C16H30N2O2/c1-6-10-12(5)11-18-14(19)13(7-2)17-15(20)16(18,8-3)9-4/h12-13H,6-11H2,1-5H3,(H,17,20). The maximum atomic E-state index is 12.7. The Morgan fingerprint density at radius 1 is 1.20 bits per heavy atom. The van der Waals surface area contributed by atoms with E-state index in [0.29, 0.717) is 31.7 Å². The first-order valence-electron chi connectivity index (χ1n) is 8.09. The van der Waals surface area contributed by atoms with Gasteiger partial charge < -0.3 is 10.2 Å². The fourth-order valence-electron chi connectivity index (χ4n) is 3.27. The van der Waals surface area contributed by atoms with E-state index in [0.717, 1.165) is 12.8 Å². The van der Waals surface area contributed by atoms with Crippen LogP contribution in [-0.4, -0.2) is 34.8 Å². The molecule has 1 saturated heterocycles. The second-order valence-electron chi connectivity index (χ2n) is 6.02. The topological polar surface area (TPSA) is 49.4 Å². The highest BCUT2D eigenvalue weighted by Crippen LogP contribution is 2.30. The molecule has 2 amide bonds. The van der Waals surface area contributed by atoms with Crippen molar-refractivity contribution >= 4 is 11.8 Å². The van der Waals surface area contributed by atoms with Gasteiger partial charge in [0.2, 0.25) is 11.8 Å². The summed E-state index contributed by atoms with van der Waals surface area (Å²) in [7, 11) is 0. The number of nitrogens with zero attached hydrogens (tertiary/aromatic N) is 1. The van der Waals surface area contributed by atoms with Crippen molar-refractivity contribution in [2.45, 2.75) is 78.3 Å². The Labute approximate surface area is 123 Å². The number of nitrogens with one attached hydrogen (secondary N) is 1. The van der Waals surface area contributed by atoms with Crippen LogP contribution in [0.3, 0.4) is 0 Å². The van der Waals surface area contributed by atoms with E-state index in [-0.39, 0.29) is 17.9 Å². The molecule has 1 rings (SSSR count). The van der Waals surface area contributed by atoms with Crippen LogP contribution in [0.4, 0.5) is 0 Å². The van der Waals surface area contributed by atoms with Gasteiger partial charge in [0.1, 0.15) is 11.6 Å². The SMILES string of the molecule is CCCC(C)CN1C(=O)C(CC)NC(=O)C1(CC)CC. The lowest BCUT2D eigenvalue weighted by Crippen LogP contribution is -2.70. The summed E-state index contributed by atoms with van der Waals surface area (Å²) in [5.41, 5.74) is -0.648. The van der Waals surface area contributed by atoms with Gasteiger partial charge in [0.15, 0.2) is 0 Å². The lowest BCUT2D eigenvalue weighted by molar-refractivity contribution is -0.159. The van der Waals surface area contributed by atoms with Crippen LogP contribution in [0.1, 0.15) is 66.7 Å². The van der Waals surface area contributed by atoms with E-state index in [4.69, 9.17) is 0 Å². The minimum Gasteiger partial charge on any atom is -0.342 e. The normalized spacial score (nSPS) is 23.6. The Hall–Kier alpha value is -1.06. The molecular weight excluding hydrogens is 252 g/mol. The summed E-state index contributed by atoms with van der Waals surface area (Å²) in [4.78, 5) is 27.1. The summed E-state index contributed by atoms with van der Waals surface area (Å²) in [5, 5.41) is 2.91. The lowest BCUT2D eigenvalue weighted by atomic mass is 9.84. The predicted molar refractivity (Wildman–Crippen MR) is 81.3 cm³/mol. The second-order valence-corrected chi connectivity index (χ2v) is 6.02. The zero-order valence-corrected chi connectivity index (χ0v) is 13.7. The van der Waals surface area contributed by atoms with Gasteiger partial charge in [0, 0.05) is 6.54 Å². The molecule has 1 fully saturated rings. The van der Waals surface area contributed by atoms with Gasteiger partial charge in [-0.25, -0.2) is 0 Å². The largest absolute Gasteiger partial charge is 0.342 e. The monoisotopic (exact) mass is 282 g/mol. The third-order valence-electron chi connectivity index (χ3n) is 4.66. The maximum absolute atomic E-state index is 12.7. The molecule has 116 valence electrons. The Morgan fingerprint density at radius 3 is 2.25 bits per heavy atom. The molecule has 0 aromatic heterocycles. The van der Waals surface area contributed by atoms with Crippen LogP contribution >= 0.6 is 0 Å². The number of hydrogen-bond donors (Lipinski definition) is 1. The average Bonchev–Trinajstić information content (AvgIpc) is 2.44. The van der Waals surface area contributed by atoms with Gasteiger partial charge >= 0.3 is 0 Å². The first kappa shape index (κ1) is 17.0. The molecule has 1 aliphatic rings. The molecule has 2 unspecified atom stereocenters. The van der Waals surface area contributed by atoms with E-state index in [1.165, 1.54) is 0 Å². The number of amides is 2. The van der Waals surface area contributed by atoms with Crippen molar-refractivity contribution < 1.29 is 9.59 Å². The van der Waals surface area contributed by atoms with Crippen molar-refractivity contribution in [2.24, 2.45) is 5.92 Å². The molecule has 0 radical (unpaired) electrons. The van der Waals surface area contributed by atoms with Gasteiger partial charge in [-0.1, -0.05) is 41.0 Å².